The van der Waals surface area contributed by atoms with Crippen molar-refractivity contribution in [1.29, 1.82) is 0 Å². The molecule has 0 radical (unpaired) electrons. The molecule has 1 aromatic rings. The maximum Gasteiger partial charge on any atom is 0.327 e. The van der Waals surface area contributed by atoms with Crippen molar-refractivity contribution in [3.05, 3.63) is 35.9 Å². The van der Waals surface area contributed by atoms with Gasteiger partial charge < -0.3 is 4.74 Å². The molecule has 1 N–H and O–H groups in total. The number of carbonyl (C=O) groups is 2. The van der Waals surface area contributed by atoms with Crippen LogP contribution in [0.4, 0.5) is 0 Å². The molecule has 0 saturated heterocycles. The van der Waals surface area contributed by atoms with Gasteiger partial charge in [-0.05, 0) is 26.3 Å². The molecule has 1 rings (SSSR count). The third-order valence-electron chi connectivity index (χ3n) is 2.68. The van der Waals surface area contributed by atoms with Gasteiger partial charge in [-0.15, -0.1) is 0 Å². The van der Waals surface area contributed by atoms with Crippen LogP contribution in [0.15, 0.2) is 30.3 Å². The topological polar surface area (TPSA) is 55.4 Å². The average molecular weight is 249 g/mol. The van der Waals surface area contributed by atoms with E-state index >= 15 is 0 Å². The van der Waals surface area contributed by atoms with E-state index in [1.54, 1.807) is 13.8 Å². The van der Waals surface area contributed by atoms with Crippen molar-refractivity contribution in [2.75, 3.05) is 6.61 Å². The van der Waals surface area contributed by atoms with Crippen molar-refractivity contribution in [3.8, 4) is 0 Å². The smallest absolute Gasteiger partial charge is 0.327 e. The zero-order valence-electron chi connectivity index (χ0n) is 11.0. The standard InChI is InChI=1S/C14H19NO3/c1-4-18-14(17)13(15-10(2)11(3)16)12-8-6-5-7-9-12/h5-10,13,15H,4H2,1-3H3. The van der Waals surface area contributed by atoms with E-state index in [1.165, 1.54) is 6.92 Å². The van der Waals surface area contributed by atoms with E-state index < -0.39 is 6.04 Å². The van der Waals surface area contributed by atoms with Crippen molar-refractivity contribution in [3.63, 3.8) is 0 Å². The normalized spacial score (nSPS) is 13.7. The highest BCUT2D eigenvalue weighted by Gasteiger charge is 2.24. The minimum Gasteiger partial charge on any atom is -0.465 e. The molecule has 0 aromatic heterocycles. The Morgan fingerprint density at radius 1 is 1.28 bits per heavy atom. The number of hydrogen-bond acceptors (Lipinski definition) is 4. The van der Waals surface area contributed by atoms with Crippen LogP contribution in [-0.4, -0.2) is 24.4 Å². The number of esters is 1. The Hall–Kier alpha value is -1.68. The summed E-state index contributed by atoms with van der Waals surface area (Å²) in [7, 11) is 0. The summed E-state index contributed by atoms with van der Waals surface area (Å²) in [5.74, 6) is -0.378. The monoisotopic (exact) mass is 249 g/mol. The van der Waals surface area contributed by atoms with Gasteiger partial charge >= 0.3 is 5.97 Å². The second-order valence-corrected chi connectivity index (χ2v) is 4.09. The van der Waals surface area contributed by atoms with Crippen LogP contribution >= 0.6 is 0 Å². The molecule has 0 aliphatic heterocycles. The first-order chi connectivity index (χ1) is 8.56. The maximum absolute atomic E-state index is 11.9. The molecular weight excluding hydrogens is 230 g/mol. The zero-order chi connectivity index (χ0) is 13.5. The van der Waals surface area contributed by atoms with Gasteiger partial charge in [0.05, 0.1) is 12.6 Å². The highest BCUT2D eigenvalue weighted by Crippen LogP contribution is 2.15. The van der Waals surface area contributed by atoms with Crippen LogP contribution in [0.5, 0.6) is 0 Å². The molecule has 4 nitrogen and oxygen atoms in total. The minimum atomic E-state index is -0.606. The SMILES string of the molecule is CCOC(=O)C(NC(C)C(C)=O)c1ccccc1. The molecule has 0 amide bonds. The third-order valence-corrected chi connectivity index (χ3v) is 2.68. The zero-order valence-corrected chi connectivity index (χ0v) is 11.0. The van der Waals surface area contributed by atoms with E-state index in [2.05, 4.69) is 5.32 Å². The average Bonchev–Trinajstić information content (AvgIpc) is 2.36. The molecular formula is C14H19NO3. The number of ether oxygens (including phenoxy) is 1. The summed E-state index contributed by atoms with van der Waals surface area (Å²) in [5.41, 5.74) is 0.795. The summed E-state index contributed by atoms with van der Waals surface area (Å²) in [5, 5.41) is 2.99. The number of Topliss-reactive ketones (excluding diaryl/α,β-unsaturated/α-hetero) is 1. The highest BCUT2D eigenvalue weighted by molar-refractivity contribution is 5.83. The largest absolute Gasteiger partial charge is 0.465 e. The van der Waals surface area contributed by atoms with E-state index in [0.29, 0.717) is 6.61 Å². The summed E-state index contributed by atoms with van der Waals surface area (Å²) in [4.78, 5) is 23.2. The molecule has 18 heavy (non-hydrogen) atoms. The molecule has 4 heteroatoms. The molecule has 2 atom stereocenters. The first kappa shape index (κ1) is 14.4. The molecule has 0 fully saturated rings. The Bertz CT molecular complexity index is 403. The van der Waals surface area contributed by atoms with Gasteiger partial charge in [0.25, 0.3) is 0 Å². The van der Waals surface area contributed by atoms with Crippen molar-refractivity contribution in [2.45, 2.75) is 32.9 Å². The number of carbonyl (C=O) groups excluding carboxylic acids is 2. The molecule has 0 bridgehead atoms. The second-order valence-electron chi connectivity index (χ2n) is 4.09. The lowest BCUT2D eigenvalue weighted by atomic mass is 10.1. The van der Waals surface area contributed by atoms with Crippen molar-refractivity contribution >= 4 is 11.8 Å². The maximum atomic E-state index is 11.9. The molecule has 0 aliphatic carbocycles. The fraction of sp³-hybridized carbons (Fsp3) is 0.429. The van der Waals surface area contributed by atoms with E-state index in [9.17, 15) is 9.59 Å². The summed E-state index contributed by atoms with van der Waals surface area (Å²) in [6.45, 7) is 5.30. The van der Waals surface area contributed by atoms with Crippen molar-refractivity contribution in [2.24, 2.45) is 0 Å². The summed E-state index contributed by atoms with van der Waals surface area (Å²) >= 11 is 0. The number of benzene rings is 1. The first-order valence-corrected chi connectivity index (χ1v) is 6.04. The number of ketones is 1. The Balaban J connectivity index is 2.89. The minimum absolute atomic E-state index is 0.0137. The van der Waals surface area contributed by atoms with Gasteiger partial charge in [-0.25, -0.2) is 4.79 Å². The predicted molar refractivity (Wildman–Crippen MR) is 69.1 cm³/mol. The number of hydrogen-bond donors (Lipinski definition) is 1. The Morgan fingerprint density at radius 2 is 1.89 bits per heavy atom. The molecule has 1 aromatic carbocycles. The molecule has 98 valence electrons. The Labute approximate surface area is 107 Å². The molecule has 0 heterocycles. The lowest BCUT2D eigenvalue weighted by Gasteiger charge is -2.20. The molecule has 0 saturated carbocycles. The van der Waals surface area contributed by atoms with E-state index in [-0.39, 0.29) is 17.8 Å². The van der Waals surface area contributed by atoms with Gasteiger partial charge in [0.2, 0.25) is 0 Å². The molecule has 2 unspecified atom stereocenters. The van der Waals surface area contributed by atoms with E-state index in [1.807, 2.05) is 30.3 Å². The van der Waals surface area contributed by atoms with Crippen LogP contribution in [0.1, 0.15) is 32.4 Å². The Kier molecular flexibility index (Phi) is 5.52. The Morgan fingerprint density at radius 3 is 2.39 bits per heavy atom. The van der Waals surface area contributed by atoms with Gasteiger partial charge in [-0.2, -0.15) is 0 Å². The van der Waals surface area contributed by atoms with Crippen molar-refractivity contribution in [1.82, 2.24) is 5.32 Å². The fourth-order valence-electron chi connectivity index (χ4n) is 1.54. The van der Waals surface area contributed by atoms with Crippen LogP contribution in [0.2, 0.25) is 0 Å². The van der Waals surface area contributed by atoms with Gasteiger partial charge in [0, 0.05) is 0 Å². The lowest BCUT2D eigenvalue weighted by Crippen LogP contribution is -2.39. The summed E-state index contributed by atoms with van der Waals surface area (Å²) < 4.78 is 5.03. The van der Waals surface area contributed by atoms with Gasteiger partial charge in [-0.1, -0.05) is 30.3 Å². The fourth-order valence-corrected chi connectivity index (χ4v) is 1.54. The number of rotatable bonds is 6. The van der Waals surface area contributed by atoms with Crippen molar-refractivity contribution < 1.29 is 14.3 Å². The van der Waals surface area contributed by atoms with Gasteiger partial charge in [0.1, 0.15) is 11.8 Å². The quantitative estimate of drug-likeness (QED) is 0.782. The number of nitrogens with one attached hydrogen (secondary N) is 1. The van der Waals surface area contributed by atoms with Crippen LogP contribution < -0.4 is 5.32 Å². The summed E-state index contributed by atoms with van der Waals surface area (Å²) in [6, 6.07) is 8.25. The third kappa shape index (κ3) is 3.96. The van der Waals surface area contributed by atoms with Crippen LogP contribution in [0.3, 0.4) is 0 Å². The van der Waals surface area contributed by atoms with Gasteiger partial charge in [0.15, 0.2) is 0 Å². The van der Waals surface area contributed by atoms with E-state index in [0.717, 1.165) is 5.56 Å². The lowest BCUT2D eigenvalue weighted by molar-refractivity contribution is -0.146. The van der Waals surface area contributed by atoms with Crippen LogP contribution in [0, 0.1) is 0 Å². The van der Waals surface area contributed by atoms with E-state index in [4.69, 9.17) is 4.74 Å². The first-order valence-electron chi connectivity index (χ1n) is 6.04. The van der Waals surface area contributed by atoms with Crippen LogP contribution in [-0.2, 0) is 14.3 Å². The van der Waals surface area contributed by atoms with Gasteiger partial charge in [-0.3, -0.25) is 10.1 Å². The summed E-state index contributed by atoms with van der Waals surface area (Å²) in [6.07, 6.45) is 0. The second kappa shape index (κ2) is 6.91. The van der Waals surface area contributed by atoms with Crippen LogP contribution in [0.25, 0.3) is 0 Å². The predicted octanol–water partition coefficient (Wildman–Crippen LogP) is 1.86. The molecule has 0 spiro atoms. The molecule has 0 aliphatic rings. The highest BCUT2D eigenvalue weighted by atomic mass is 16.5.